The SMILES string of the molecule is CC(C)CNC(=O)COC(=O)Cc1ccc2c(c1)CCC2. The Bertz CT molecular complexity index is 523. The Balaban J connectivity index is 1.75. The van der Waals surface area contributed by atoms with Crippen molar-refractivity contribution in [1.82, 2.24) is 5.32 Å². The van der Waals surface area contributed by atoms with Gasteiger partial charge in [0.2, 0.25) is 0 Å². The molecule has 1 amide bonds. The number of amides is 1. The molecular formula is C17H23NO3. The van der Waals surface area contributed by atoms with Crippen LogP contribution in [0, 0.1) is 5.92 Å². The number of hydrogen-bond donors (Lipinski definition) is 1. The quantitative estimate of drug-likeness (QED) is 0.815. The largest absolute Gasteiger partial charge is 0.455 e. The van der Waals surface area contributed by atoms with Crippen LogP contribution in [0.5, 0.6) is 0 Å². The first-order chi connectivity index (χ1) is 10.0. The van der Waals surface area contributed by atoms with Gasteiger partial charge in [-0.1, -0.05) is 32.0 Å². The number of esters is 1. The van der Waals surface area contributed by atoms with Crippen LogP contribution < -0.4 is 5.32 Å². The van der Waals surface area contributed by atoms with Gasteiger partial charge in [-0.15, -0.1) is 0 Å². The van der Waals surface area contributed by atoms with Gasteiger partial charge >= 0.3 is 5.97 Å². The Morgan fingerprint density at radius 1 is 1.24 bits per heavy atom. The summed E-state index contributed by atoms with van der Waals surface area (Å²) in [7, 11) is 0. The first-order valence-corrected chi connectivity index (χ1v) is 7.57. The van der Waals surface area contributed by atoms with Crippen LogP contribution >= 0.6 is 0 Å². The fraction of sp³-hybridized carbons (Fsp3) is 0.529. The molecule has 2 rings (SSSR count). The monoisotopic (exact) mass is 289 g/mol. The minimum absolute atomic E-state index is 0.198. The van der Waals surface area contributed by atoms with E-state index in [9.17, 15) is 9.59 Å². The minimum atomic E-state index is -0.354. The Morgan fingerprint density at radius 2 is 2.00 bits per heavy atom. The number of rotatable bonds is 6. The zero-order valence-electron chi connectivity index (χ0n) is 12.8. The normalized spacial score (nSPS) is 13.1. The Kier molecular flexibility index (Phi) is 5.37. The van der Waals surface area contributed by atoms with Crippen LogP contribution in [0.3, 0.4) is 0 Å². The van der Waals surface area contributed by atoms with Gasteiger partial charge in [-0.05, 0) is 41.9 Å². The van der Waals surface area contributed by atoms with Crippen LogP contribution in [0.15, 0.2) is 18.2 Å². The summed E-state index contributed by atoms with van der Waals surface area (Å²) >= 11 is 0. The maximum Gasteiger partial charge on any atom is 0.310 e. The van der Waals surface area contributed by atoms with Crippen molar-refractivity contribution in [1.29, 1.82) is 0 Å². The maximum absolute atomic E-state index is 11.8. The van der Waals surface area contributed by atoms with Gasteiger partial charge in [-0.2, -0.15) is 0 Å². The number of hydrogen-bond acceptors (Lipinski definition) is 3. The fourth-order valence-corrected chi connectivity index (χ4v) is 2.47. The molecule has 0 bridgehead atoms. The van der Waals surface area contributed by atoms with Gasteiger partial charge in [0.05, 0.1) is 6.42 Å². The van der Waals surface area contributed by atoms with Crippen molar-refractivity contribution in [2.24, 2.45) is 5.92 Å². The van der Waals surface area contributed by atoms with Crippen molar-refractivity contribution >= 4 is 11.9 Å². The van der Waals surface area contributed by atoms with Crippen LogP contribution in [0.4, 0.5) is 0 Å². The summed E-state index contributed by atoms with van der Waals surface area (Å²) < 4.78 is 5.01. The number of benzene rings is 1. The lowest BCUT2D eigenvalue weighted by molar-refractivity contribution is -0.147. The lowest BCUT2D eigenvalue weighted by atomic mass is 10.0. The Labute approximate surface area is 125 Å². The van der Waals surface area contributed by atoms with Crippen LogP contribution in [0.1, 0.15) is 37.0 Å². The molecule has 1 aliphatic carbocycles. The molecule has 0 atom stereocenters. The van der Waals surface area contributed by atoms with E-state index in [-0.39, 0.29) is 24.9 Å². The van der Waals surface area contributed by atoms with E-state index in [1.807, 2.05) is 19.9 Å². The molecule has 4 nitrogen and oxygen atoms in total. The second kappa shape index (κ2) is 7.25. The van der Waals surface area contributed by atoms with Gasteiger partial charge in [0.1, 0.15) is 0 Å². The summed E-state index contributed by atoms with van der Waals surface area (Å²) in [5.74, 6) is -0.213. The van der Waals surface area contributed by atoms with E-state index in [1.54, 1.807) is 0 Å². The molecule has 0 saturated carbocycles. The zero-order chi connectivity index (χ0) is 15.2. The van der Waals surface area contributed by atoms with E-state index in [1.165, 1.54) is 17.5 Å². The number of ether oxygens (including phenoxy) is 1. The molecule has 0 saturated heterocycles. The molecule has 1 N–H and O–H groups in total. The third-order valence-electron chi connectivity index (χ3n) is 3.58. The molecule has 21 heavy (non-hydrogen) atoms. The summed E-state index contributed by atoms with van der Waals surface area (Å²) in [5.41, 5.74) is 3.69. The fourth-order valence-electron chi connectivity index (χ4n) is 2.47. The van der Waals surface area contributed by atoms with Crippen LogP contribution in [0.2, 0.25) is 0 Å². The topological polar surface area (TPSA) is 55.4 Å². The van der Waals surface area contributed by atoms with Crippen LogP contribution in [0.25, 0.3) is 0 Å². The zero-order valence-corrected chi connectivity index (χ0v) is 12.8. The number of aryl methyl sites for hydroxylation is 2. The van der Waals surface area contributed by atoms with Crippen molar-refractivity contribution in [2.45, 2.75) is 39.5 Å². The third-order valence-corrected chi connectivity index (χ3v) is 3.58. The lowest BCUT2D eigenvalue weighted by Gasteiger charge is -2.09. The van der Waals surface area contributed by atoms with E-state index >= 15 is 0 Å². The van der Waals surface area contributed by atoms with Crippen molar-refractivity contribution in [3.63, 3.8) is 0 Å². The summed E-state index contributed by atoms with van der Waals surface area (Å²) in [4.78, 5) is 23.2. The highest BCUT2D eigenvalue weighted by molar-refractivity contribution is 5.81. The van der Waals surface area contributed by atoms with Crippen molar-refractivity contribution in [3.05, 3.63) is 34.9 Å². The summed E-state index contributed by atoms with van der Waals surface area (Å²) in [6.07, 6.45) is 3.65. The molecule has 0 radical (unpaired) electrons. The molecule has 4 heteroatoms. The first kappa shape index (κ1) is 15.5. The third kappa shape index (κ3) is 4.88. The number of carbonyl (C=O) groups excluding carboxylic acids is 2. The molecule has 114 valence electrons. The van der Waals surface area contributed by atoms with Crippen LogP contribution in [-0.2, 0) is 33.6 Å². The Morgan fingerprint density at radius 3 is 2.76 bits per heavy atom. The van der Waals surface area contributed by atoms with Gasteiger partial charge in [0, 0.05) is 6.54 Å². The van der Waals surface area contributed by atoms with Gasteiger partial charge in [-0.25, -0.2) is 0 Å². The molecule has 0 aromatic heterocycles. The van der Waals surface area contributed by atoms with E-state index in [0.717, 1.165) is 18.4 Å². The predicted molar refractivity (Wildman–Crippen MR) is 81.0 cm³/mol. The molecule has 0 fully saturated rings. The van der Waals surface area contributed by atoms with Crippen molar-refractivity contribution in [2.75, 3.05) is 13.2 Å². The van der Waals surface area contributed by atoms with Gasteiger partial charge < -0.3 is 10.1 Å². The predicted octanol–water partition coefficient (Wildman–Crippen LogP) is 2.03. The van der Waals surface area contributed by atoms with Gasteiger partial charge in [0.15, 0.2) is 6.61 Å². The van der Waals surface area contributed by atoms with E-state index < -0.39 is 0 Å². The van der Waals surface area contributed by atoms with Crippen LogP contribution in [-0.4, -0.2) is 25.0 Å². The molecule has 1 aliphatic rings. The van der Waals surface area contributed by atoms with E-state index in [0.29, 0.717) is 12.5 Å². The van der Waals surface area contributed by atoms with Crippen molar-refractivity contribution < 1.29 is 14.3 Å². The maximum atomic E-state index is 11.8. The summed E-state index contributed by atoms with van der Waals surface area (Å²) in [6.45, 7) is 4.43. The first-order valence-electron chi connectivity index (χ1n) is 7.57. The molecule has 0 unspecified atom stereocenters. The molecular weight excluding hydrogens is 266 g/mol. The highest BCUT2D eigenvalue weighted by atomic mass is 16.5. The average molecular weight is 289 g/mol. The standard InChI is InChI=1S/C17H23NO3/c1-12(2)10-18-16(19)11-21-17(20)9-13-6-7-14-4-3-5-15(14)8-13/h6-8,12H,3-5,9-11H2,1-2H3,(H,18,19). The summed E-state index contributed by atoms with van der Waals surface area (Å²) in [6, 6.07) is 6.16. The van der Waals surface area contributed by atoms with E-state index in [4.69, 9.17) is 4.74 Å². The number of fused-ring (bicyclic) bond motifs is 1. The van der Waals surface area contributed by atoms with Gasteiger partial charge in [0.25, 0.3) is 5.91 Å². The van der Waals surface area contributed by atoms with E-state index in [2.05, 4.69) is 17.4 Å². The second-order valence-corrected chi connectivity index (χ2v) is 5.99. The number of carbonyl (C=O) groups is 2. The molecule has 0 spiro atoms. The molecule has 1 aromatic carbocycles. The summed E-state index contributed by atoms with van der Waals surface area (Å²) in [5, 5.41) is 2.72. The highest BCUT2D eigenvalue weighted by Gasteiger charge is 2.13. The average Bonchev–Trinajstić information content (AvgIpc) is 2.90. The molecule has 0 heterocycles. The molecule has 1 aromatic rings. The number of nitrogens with one attached hydrogen (secondary N) is 1. The minimum Gasteiger partial charge on any atom is -0.455 e. The second-order valence-electron chi connectivity index (χ2n) is 5.99. The Hall–Kier alpha value is -1.84. The smallest absolute Gasteiger partial charge is 0.310 e. The highest BCUT2D eigenvalue weighted by Crippen LogP contribution is 2.23. The molecule has 0 aliphatic heterocycles. The van der Waals surface area contributed by atoms with Crippen molar-refractivity contribution in [3.8, 4) is 0 Å². The lowest BCUT2D eigenvalue weighted by Crippen LogP contribution is -2.31. The van der Waals surface area contributed by atoms with Gasteiger partial charge in [-0.3, -0.25) is 9.59 Å².